The van der Waals surface area contributed by atoms with Gasteiger partial charge in [-0.3, -0.25) is 9.69 Å². The first kappa shape index (κ1) is 17.2. The van der Waals surface area contributed by atoms with E-state index < -0.39 is 11.6 Å². The van der Waals surface area contributed by atoms with Gasteiger partial charge in [0.05, 0.1) is 7.11 Å². The molecule has 1 saturated heterocycles. The SMILES string of the molecule is COc1ccc(-c2nnc(CN3C(=O)NC(C)(c4cccs4)C3=O)o2)cc1. The highest BCUT2D eigenvalue weighted by molar-refractivity contribution is 7.10. The van der Waals surface area contributed by atoms with Crippen LogP contribution in [-0.4, -0.2) is 34.1 Å². The van der Waals surface area contributed by atoms with E-state index in [0.29, 0.717) is 11.6 Å². The molecule has 0 radical (unpaired) electrons. The minimum Gasteiger partial charge on any atom is -0.497 e. The van der Waals surface area contributed by atoms with Gasteiger partial charge in [0, 0.05) is 10.4 Å². The van der Waals surface area contributed by atoms with E-state index in [9.17, 15) is 9.59 Å². The number of hydrogen-bond acceptors (Lipinski definition) is 7. The lowest BCUT2D eigenvalue weighted by Gasteiger charge is -2.19. The fraction of sp³-hybridized carbons (Fsp3) is 0.222. The van der Waals surface area contributed by atoms with E-state index >= 15 is 0 Å². The first-order chi connectivity index (χ1) is 13.0. The summed E-state index contributed by atoms with van der Waals surface area (Å²) in [5, 5.41) is 12.6. The van der Waals surface area contributed by atoms with Crippen molar-refractivity contribution in [1.82, 2.24) is 20.4 Å². The summed E-state index contributed by atoms with van der Waals surface area (Å²) in [6, 6.07) is 10.3. The van der Waals surface area contributed by atoms with Gasteiger partial charge in [-0.05, 0) is 42.6 Å². The van der Waals surface area contributed by atoms with Crippen LogP contribution in [0.3, 0.4) is 0 Å². The minimum atomic E-state index is -1.08. The summed E-state index contributed by atoms with van der Waals surface area (Å²) >= 11 is 1.41. The van der Waals surface area contributed by atoms with Gasteiger partial charge in [0.25, 0.3) is 5.91 Å². The van der Waals surface area contributed by atoms with E-state index in [4.69, 9.17) is 9.15 Å². The normalized spacial score (nSPS) is 19.4. The van der Waals surface area contributed by atoms with Crippen molar-refractivity contribution in [3.63, 3.8) is 0 Å². The Balaban J connectivity index is 1.53. The van der Waals surface area contributed by atoms with E-state index in [1.807, 2.05) is 17.5 Å². The Labute approximate surface area is 158 Å². The topological polar surface area (TPSA) is 97.6 Å². The van der Waals surface area contributed by atoms with Gasteiger partial charge in [-0.2, -0.15) is 0 Å². The number of aromatic nitrogens is 2. The van der Waals surface area contributed by atoms with E-state index in [-0.39, 0.29) is 18.3 Å². The summed E-state index contributed by atoms with van der Waals surface area (Å²) in [6.07, 6.45) is 0. The highest BCUT2D eigenvalue weighted by Gasteiger charge is 2.50. The molecule has 1 unspecified atom stereocenters. The molecule has 0 spiro atoms. The number of carbonyl (C=O) groups excluding carboxylic acids is 2. The molecule has 1 atom stereocenters. The molecule has 1 fully saturated rings. The van der Waals surface area contributed by atoms with Crippen LogP contribution in [0.1, 0.15) is 17.7 Å². The molecule has 1 aromatic carbocycles. The van der Waals surface area contributed by atoms with Crippen LogP contribution in [0.5, 0.6) is 5.75 Å². The fourth-order valence-corrected chi connectivity index (χ4v) is 3.71. The summed E-state index contributed by atoms with van der Waals surface area (Å²) < 4.78 is 10.7. The standard InChI is InChI=1S/C18H16N4O4S/c1-18(13-4-3-9-27-13)16(23)22(17(24)19-18)10-14-20-21-15(26-14)11-5-7-12(25-2)8-6-11/h3-9H,10H2,1-2H3,(H,19,24). The second kappa shape index (κ2) is 6.51. The molecular formula is C18H16N4O4S. The summed E-state index contributed by atoms with van der Waals surface area (Å²) in [5.41, 5.74) is -0.362. The van der Waals surface area contributed by atoms with E-state index in [1.54, 1.807) is 38.3 Å². The summed E-state index contributed by atoms with van der Waals surface area (Å²) in [6.45, 7) is 1.60. The molecule has 138 valence electrons. The van der Waals surface area contributed by atoms with Crippen molar-refractivity contribution in [1.29, 1.82) is 0 Å². The molecule has 3 aromatic rings. The molecule has 9 heteroatoms. The molecule has 3 amide bonds. The molecule has 8 nitrogen and oxygen atoms in total. The number of imide groups is 1. The monoisotopic (exact) mass is 384 g/mol. The first-order valence-corrected chi connectivity index (χ1v) is 9.04. The molecule has 1 aliphatic rings. The molecule has 3 heterocycles. The van der Waals surface area contributed by atoms with Crippen molar-refractivity contribution < 1.29 is 18.7 Å². The van der Waals surface area contributed by atoms with Crippen LogP contribution >= 0.6 is 11.3 Å². The molecule has 1 N–H and O–H groups in total. The Morgan fingerprint density at radius 1 is 1.22 bits per heavy atom. The van der Waals surface area contributed by atoms with Gasteiger partial charge in [0.15, 0.2) is 5.54 Å². The second-order valence-electron chi connectivity index (χ2n) is 6.15. The maximum atomic E-state index is 12.8. The van der Waals surface area contributed by atoms with Gasteiger partial charge in [-0.1, -0.05) is 6.07 Å². The number of benzene rings is 1. The highest BCUT2D eigenvalue weighted by atomic mass is 32.1. The van der Waals surface area contributed by atoms with Crippen LogP contribution in [0.2, 0.25) is 0 Å². The number of nitrogens with one attached hydrogen (secondary N) is 1. The quantitative estimate of drug-likeness (QED) is 0.680. The van der Waals surface area contributed by atoms with Crippen LogP contribution in [0.25, 0.3) is 11.5 Å². The highest BCUT2D eigenvalue weighted by Crippen LogP contribution is 2.32. The van der Waals surface area contributed by atoms with Crippen molar-refractivity contribution in [2.75, 3.05) is 7.11 Å². The number of carbonyl (C=O) groups is 2. The van der Waals surface area contributed by atoms with E-state index in [0.717, 1.165) is 15.3 Å². The largest absolute Gasteiger partial charge is 0.497 e. The molecule has 4 rings (SSSR count). The summed E-state index contributed by atoms with van der Waals surface area (Å²) in [5.74, 6) is 0.852. The lowest BCUT2D eigenvalue weighted by molar-refractivity contribution is -0.131. The van der Waals surface area contributed by atoms with Crippen LogP contribution in [0.4, 0.5) is 4.79 Å². The predicted molar refractivity (Wildman–Crippen MR) is 97.0 cm³/mol. The zero-order chi connectivity index (χ0) is 19.0. The van der Waals surface area contributed by atoms with Gasteiger partial charge >= 0.3 is 6.03 Å². The fourth-order valence-electron chi connectivity index (χ4n) is 2.87. The van der Waals surface area contributed by atoms with Crippen LogP contribution in [0.15, 0.2) is 46.2 Å². The van der Waals surface area contributed by atoms with Crippen LogP contribution in [-0.2, 0) is 16.9 Å². The molecule has 27 heavy (non-hydrogen) atoms. The lowest BCUT2D eigenvalue weighted by atomic mass is 10.0. The maximum Gasteiger partial charge on any atom is 0.325 e. The lowest BCUT2D eigenvalue weighted by Crippen LogP contribution is -2.40. The average Bonchev–Trinajstić information content (AvgIpc) is 3.41. The third kappa shape index (κ3) is 2.95. The Kier molecular flexibility index (Phi) is 4.15. The maximum absolute atomic E-state index is 12.8. The first-order valence-electron chi connectivity index (χ1n) is 8.16. The zero-order valence-corrected chi connectivity index (χ0v) is 15.4. The number of methoxy groups -OCH3 is 1. The summed E-state index contributed by atoms with van der Waals surface area (Å²) in [4.78, 5) is 27.0. The molecule has 2 aromatic heterocycles. The van der Waals surface area contributed by atoms with Crippen LogP contribution in [0, 0.1) is 0 Å². The smallest absolute Gasteiger partial charge is 0.325 e. The van der Waals surface area contributed by atoms with Gasteiger partial charge in [-0.25, -0.2) is 4.79 Å². The number of urea groups is 1. The Bertz CT molecular complexity index is 983. The number of nitrogens with zero attached hydrogens (tertiary/aromatic N) is 3. The number of thiophene rings is 1. The third-order valence-electron chi connectivity index (χ3n) is 4.39. The van der Waals surface area contributed by atoms with E-state index in [1.165, 1.54) is 11.3 Å². The predicted octanol–water partition coefficient (Wildman–Crippen LogP) is 2.77. The Morgan fingerprint density at radius 3 is 2.67 bits per heavy atom. The molecular weight excluding hydrogens is 368 g/mol. The number of ether oxygens (including phenoxy) is 1. The van der Waals surface area contributed by atoms with Gasteiger partial charge in [0.1, 0.15) is 12.3 Å². The van der Waals surface area contributed by atoms with Crippen molar-refractivity contribution in [2.24, 2.45) is 0 Å². The summed E-state index contributed by atoms with van der Waals surface area (Å²) in [7, 11) is 1.59. The number of amides is 3. The third-order valence-corrected chi connectivity index (χ3v) is 5.48. The Morgan fingerprint density at radius 2 is 2.00 bits per heavy atom. The second-order valence-corrected chi connectivity index (χ2v) is 7.10. The molecule has 1 aliphatic heterocycles. The van der Waals surface area contributed by atoms with Crippen LogP contribution < -0.4 is 10.1 Å². The van der Waals surface area contributed by atoms with Gasteiger partial charge < -0.3 is 14.5 Å². The molecule has 0 aliphatic carbocycles. The van der Waals surface area contributed by atoms with Crippen molar-refractivity contribution in [3.8, 4) is 17.2 Å². The van der Waals surface area contributed by atoms with Crippen molar-refractivity contribution in [3.05, 3.63) is 52.5 Å². The number of hydrogen-bond donors (Lipinski definition) is 1. The molecule has 0 saturated carbocycles. The Hall–Kier alpha value is -3.20. The molecule has 0 bridgehead atoms. The van der Waals surface area contributed by atoms with Gasteiger partial charge in [0.2, 0.25) is 11.8 Å². The zero-order valence-electron chi connectivity index (χ0n) is 14.6. The average molecular weight is 384 g/mol. The number of rotatable bonds is 5. The van der Waals surface area contributed by atoms with E-state index in [2.05, 4.69) is 15.5 Å². The van der Waals surface area contributed by atoms with Crippen molar-refractivity contribution in [2.45, 2.75) is 19.0 Å². The van der Waals surface area contributed by atoms with Gasteiger partial charge in [-0.15, -0.1) is 21.5 Å². The minimum absolute atomic E-state index is 0.0885. The van der Waals surface area contributed by atoms with Crippen molar-refractivity contribution >= 4 is 23.3 Å².